The van der Waals surface area contributed by atoms with E-state index in [2.05, 4.69) is 109 Å². The quantitative estimate of drug-likeness (QED) is 0.0973. The molecule has 0 saturated carbocycles. The third-order valence-corrected chi connectivity index (χ3v) is 16.5. The monoisotopic (exact) mass is 918 g/mol. The normalized spacial score (nSPS) is 15.0. The topological polar surface area (TPSA) is 94.6 Å². The van der Waals surface area contributed by atoms with Crippen LogP contribution in [-0.4, -0.2) is 68.7 Å². The van der Waals surface area contributed by atoms with Crippen molar-refractivity contribution in [1.82, 2.24) is 9.80 Å². The van der Waals surface area contributed by atoms with Crippen LogP contribution in [0, 0.1) is 0 Å². The minimum Gasteiger partial charge on any atom is -0.480 e. The number of hydrogen-bond acceptors (Lipinski definition) is 12. The van der Waals surface area contributed by atoms with Gasteiger partial charge in [0.05, 0.1) is 51.2 Å². The Morgan fingerprint density at radius 1 is 0.603 bits per heavy atom. The molecule has 4 aromatic rings. The van der Waals surface area contributed by atoms with Gasteiger partial charge < -0.3 is 23.8 Å². The molecule has 0 unspecified atom stereocenters. The van der Waals surface area contributed by atoms with Crippen molar-refractivity contribution in [1.29, 1.82) is 0 Å². The third-order valence-electron chi connectivity index (χ3n) is 11.5. The van der Waals surface area contributed by atoms with Crippen LogP contribution in [0.3, 0.4) is 0 Å². The van der Waals surface area contributed by atoms with E-state index >= 15 is 0 Å². The molecule has 0 fully saturated rings. The summed E-state index contributed by atoms with van der Waals surface area (Å²) >= 11 is 5.31. The van der Waals surface area contributed by atoms with Gasteiger partial charge in [-0.05, 0) is 90.5 Å². The number of hydrogen-bond donors (Lipinski definition) is 0. The molecule has 63 heavy (non-hydrogen) atoms. The van der Waals surface area contributed by atoms with E-state index in [9.17, 15) is 14.4 Å². The van der Waals surface area contributed by atoms with Gasteiger partial charge in [-0.2, -0.15) is 0 Å². The van der Waals surface area contributed by atoms with Crippen LogP contribution < -0.4 is 0 Å². The van der Waals surface area contributed by atoms with Gasteiger partial charge in [-0.15, -0.1) is 34.0 Å². The molecule has 0 amide bonds. The van der Waals surface area contributed by atoms with Gasteiger partial charge in [0.2, 0.25) is 0 Å². The lowest BCUT2D eigenvalue weighted by atomic mass is 9.87. The number of nitrogens with zero attached hydrogens (tertiary/aromatic N) is 2. The number of benzene rings is 1. The van der Waals surface area contributed by atoms with E-state index in [0.717, 1.165) is 90.4 Å². The Labute approximate surface area is 388 Å². The predicted octanol–water partition coefficient (Wildman–Crippen LogP) is 11.8. The van der Waals surface area contributed by atoms with Crippen molar-refractivity contribution in [2.75, 3.05) is 41.0 Å². The van der Waals surface area contributed by atoms with E-state index in [1.54, 1.807) is 22.7 Å². The van der Waals surface area contributed by atoms with Crippen LogP contribution in [0.25, 0.3) is 0 Å². The number of carbonyl (C=O) groups excluding carboxylic acids is 3. The maximum absolute atomic E-state index is 12.4. The molecule has 0 saturated heterocycles. The summed E-state index contributed by atoms with van der Waals surface area (Å²) in [5.74, 6) is 0.140. The van der Waals surface area contributed by atoms with Gasteiger partial charge in [-0.25, -0.2) is 14.4 Å². The van der Waals surface area contributed by atoms with Crippen molar-refractivity contribution in [3.63, 3.8) is 0 Å². The van der Waals surface area contributed by atoms with E-state index < -0.39 is 0 Å². The average molecular weight is 919 g/mol. The Balaban J connectivity index is 0.000000181. The minimum atomic E-state index is -0.223. The van der Waals surface area contributed by atoms with Crippen LogP contribution in [-0.2, 0) is 80.5 Å². The summed E-state index contributed by atoms with van der Waals surface area (Å²) in [5.41, 5.74) is 7.30. The number of fused-ring (bicyclic) bond motifs is 3. The highest BCUT2D eigenvalue weighted by Gasteiger charge is 2.35. The number of rotatable bonds is 8. The zero-order valence-electron chi connectivity index (χ0n) is 40.1. The molecule has 0 radical (unpaired) electrons. The predicted molar refractivity (Wildman–Crippen MR) is 259 cm³/mol. The minimum absolute atomic E-state index is 0.0194. The maximum Gasteiger partial charge on any atom is 0.339 e. The fraction of sp³-hybridized carbons (Fsp3) is 0.549. The fourth-order valence-electron chi connectivity index (χ4n) is 8.41. The van der Waals surface area contributed by atoms with Gasteiger partial charge in [0.1, 0.15) is 0 Å². The van der Waals surface area contributed by atoms with E-state index in [1.807, 2.05) is 18.3 Å². The van der Waals surface area contributed by atoms with Gasteiger partial charge >= 0.3 is 17.9 Å². The molecule has 9 nitrogen and oxygen atoms in total. The van der Waals surface area contributed by atoms with Gasteiger partial charge in [0.15, 0.2) is 5.88 Å². The molecule has 3 aromatic heterocycles. The molecule has 0 N–H and O–H groups in total. The Bertz CT molecular complexity index is 2250. The smallest absolute Gasteiger partial charge is 0.339 e. The van der Waals surface area contributed by atoms with E-state index in [1.165, 1.54) is 70.4 Å². The van der Waals surface area contributed by atoms with Crippen molar-refractivity contribution in [2.45, 2.75) is 144 Å². The summed E-state index contributed by atoms with van der Waals surface area (Å²) < 4.78 is 20.6. The van der Waals surface area contributed by atoms with Gasteiger partial charge in [-0.1, -0.05) is 92.6 Å². The van der Waals surface area contributed by atoms with Gasteiger partial charge in [0, 0.05) is 55.4 Å². The molecule has 1 aromatic carbocycles. The molecule has 0 bridgehead atoms. The first-order valence-corrected chi connectivity index (χ1v) is 24.6. The standard InChI is InChI=1S/C20H25NO2S.C17H25NO3S.C14H20O2S/c1-20(2,3)18-17(19(22)23-4)15-10-11-21(13-16(15)24-18)12-14-8-6-5-7-9-14;1-7-21-11(2)18-9-8-12-13(10-18)22-15(17(3,4)5)14(12)16(19)20-6;1-14(2,3)12-11(13(15)16-4)9-7-5-6-8-10(9)17-12/h5-9H,10-13H2,1-4H3;2,7-10H2,1,3-6H3;5-8H2,1-4H3. The Kier molecular flexibility index (Phi) is 16.6. The zero-order valence-corrected chi connectivity index (χ0v) is 42.5. The number of esters is 3. The van der Waals surface area contributed by atoms with Crippen molar-refractivity contribution in [3.8, 4) is 0 Å². The summed E-state index contributed by atoms with van der Waals surface area (Å²) in [6, 6.07) is 10.6. The number of carbonyl (C=O) groups is 3. The average Bonchev–Trinajstić information content (AvgIpc) is 3.96. The van der Waals surface area contributed by atoms with Crippen LogP contribution in [0.2, 0.25) is 0 Å². The molecule has 3 aliphatic rings. The van der Waals surface area contributed by atoms with Crippen LogP contribution in [0.1, 0.15) is 165 Å². The third kappa shape index (κ3) is 11.8. The number of methoxy groups -OCH3 is 3. The van der Waals surface area contributed by atoms with Crippen LogP contribution in [0.4, 0.5) is 0 Å². The Morgan fingerprint density at radius 2 is 1.03 bits per heavy atom. The molecule has 2 aliphatic heterocycles. The summed E-state index contributed by atoms with van der Waals surface area (Å²) in [4.78, 5) is 48.6. The second-order valence-electron chi connectivity index (χ2n) is 19.5. The molecular weight excluding hydrogens is 849 g/mol. The highest BCUT2D eigenvalue weighted by Crippen LogP contribution is 2.43. The molecule has 0 spiro atoms. The highest BCUT2D eigenvalue weighted by molar-refractivity contribution is 7.13. The first-order chi connectivity index (χ1) is 29.6. The maximum atomic E-state index is 12.4. The first kappa shape index (κ1) is 50.0. The van der Waals surface area contributed by atoms with Crippen LogP contribution in [0.5, 0.6) is 0 Å². The lowest BCUT2D eigenvalue weighted by Gasteiger charge is -2.29. The number of aryl methyl sites for hydroxylation is 1. The second-order valence-corrected chi connectivity index (χ2v) is 22.8. The van der Waals surface area contributed by atoms with Crippen LogP contribution >= 0.6 is 34.0 Å². The molecule has 5 heterocycles. The molecule has 344 valence electrons. The lowest BCUT2D eigenvalue weighted by molar-refractivity contribution is 0.0587. The molecule has 12 heteroatoms. The Hall–Kier alpha value is -3.97. The highest BCUT2D eigenvalue weighted by atomic mass is 32.1. The summed E-state index contributed by atoms with van der Waals surface area (Å²) in [5, 5.41) is 0. The van der Waals surface area contributed by atoms with E-state index in [0.29, 0.717) is 12.5 Å². The summed E-state index contributed by atoms with van der Waals surface area (Å²) in [7, 11) is 4.40. The van der Waals surface area contributed by atoms with Crippen molar-refractivity contribution >= 4 is 51.9 Å². The molecular formula is C51H70N2O7S3. The van der Waals surface area contributed by atoms with Gasteiger partial charge in [0.25, 0.3) is 0 Å². The fourth-order valence-corrected chi connectivity index (χ4v) is 12.7. The van der Waals surface area contributed by atoms with Crippen molar-refractivity contribution in [2.24, 2.45) is 0 Å². The zero-order chi connectivity index (χ0) is 46.4. The second kappa shape index (κ2) is 20.9. The first-order valence-electron chi connectivity index (χ1n) is 22.2. The lowest BCUT2D eigenvalue weighted by Crippen LogP contribution is -2.30. The Morgan fingerprint density at radius 3 is 1.49 bits per heavy atom. The van der Waals surface area contributed by atoms with Gasteiger partial charge in [-0.3, -0.25) is 4.90 Å². The van der Waals surface area contributed by atoms with Crippen LogP contribution in [0.15, 0.2) is 42.8 Å². The van der Waals surface area contributed by atoms with Crippen molar-refractivity contribution < 1.29 is 33.3 Å². The molecule has 7 rings (SSSR count). The van der Waals surface area contributed by atoms with Crippen molar-refractivity contribution in [3.05, 3.63) is 111 Å². The summed E-state index contributed by atoms with van der Waals surface area (Å²) in [6.07, 6.45) is 6.33. The summed E-state index contributed by atoms with van der Waals surface area (Å²) in [6.45, 7) is 30.4. The molecule has 0 atom stereocenters. The number of ether oxygens (including phenoxy) is 4. The SMILES string of the molecule is C=C(OCC)N1CCc2c(sc(C(C)(C)C)c2C(=O)OC)C1.COC(=O)c1c(C(C)(C)C)sc2c1CCCC2.COC(=O)c1c(C(C)(C)C)sc2c1CCN(Cc1ccccc1)C2. The van der Waals surface area contributed by atoms with E-state index in [-0.39, 0.29) is 34.2 Å². The largest absolute Gasteiger partial charge is 0.480 e. The van der Waals surface area contributed by atoms with E-state index in [4.69, 9.17) is 18.9 Å². The number of thiophene rings is 3. The molecule has 1 aliphatic carbocycles.